The number of ether oxygens (including phenoxy) is 1. The van der Waals surface area contributed by atoms with Gasteiger partial charge >= 0.3 is 0 Å². The van der Waals surface area contributed by atoms with Crippen LogP contribution in [0.1, 0.15) is 13.3 Å². The van der Waals surface area contributed by atoms with Crippen LogP contribution in [-0.4, -0.2) is 36.9 Å². The van der Waals surface area contributed by atoms with Crippen LogP contribution in [0.4, 0.5) is 11.4 Å². The third-order valence-corrected chi connectivity index (χ3v) is 7.43. The number of nitro benzene ring substituents is 1. The third kappa shape index (κ3) is 5.24. The number of hydrogen-bond acceptors (Lipinski definition) is 8. The number of rotatable bonds is 7. The summed E-state index contributed by atoms with van der Waals surface area (Å²) in [5.74, 6) is 1.54. The zero-order chi connectivity index (χ0) is 24.2. The fraction of sp³-hybridized carbons (Fsp3) is 0.240. The molecule has 9 nitrogen and oxygen atoms in total. The molecule has 2 aliphatic rings. The summed E-state index contributed by atoms with van der Waals surface area (Å²) in [5, 5.41) is 19.8. The fourth-order valence-electron chi connectivity index (χ4n) is 3.97. The predicted molar refractivity (Wildman–Crippen MR) is 136 cm³/mol. The van der Waals surface area contributed by atoms with Crippen LogP contribution in [0.25, 0.3) is 5.69 Å². The molecule has 5 rings (SSSR count). The maximum Gasteiger partial charge on any atom is 0.293 e. The molecule has 1 N–H and O–H groups in total. The van der Waals surface area contributed by atoms with E-state index in [1.165, 1.54) is 12.4 Å². The van der Waals surface area contributed by atoms with E-state index in [4.69, 9.17) is 4.74 Å². The molecule has 10 heteroatoms. The van der Waals surface area contributed by atoms with Gasteiger partial charge in [0.1, 0.15) is 29.8 Å². The van der Waals surface area contributed by atoms with Crippen LogP contribution in [0.2, 0.25) is 0 Å². The van der Waals surface area contributed by atoms with E-state index < -0.39 is 0 Å². The first-order chi connectivity index (χ1) is 17.1. The number of nitrogens with zero attached hydrogens (tertiary/aromatic N) is 5. The number of aromatic nitrogens is 3. The van der Waals surface area contributed by atoms with E-state index in [0.717, 1.165) is 12.1 Å². The Kier molecular flexibility index (Phi) is 6.56. The zero-order valence-electron chi connectivity index (χ0n) is 19.0. The monoisotopic (exact) mass is 488 g/mol. The third-order valence-electron chi connectivity index (χ3n) is 5.83. The van der Waals surface area contributed by atoms with Gasteiger partial charge in [0, 0.05) is 42.2 Å². The fourth-order valence-corrected chi connectivity index (χ4v) is 5.22. The number of thioether (sulfide) groups is 1. The van der Waals surface area contributed by atoms with E-state index >= 15 is 0 Å². The maximum absolute atomic E-state index is 11.7. The number of benzene rings is 2. The first-order valence-corrected chi connectivity index (χ1v) is 12.2. The van der Waals surface area contributed by atoms with Gasteiger partial charge in [-0.15, -0.1) is 17.5 Å². The quantitative estimate of drug-likeness (QED) is 0.281. The molecule has 0 saturated carbocycles. The van der Waals surface area contributed by atoms with Crippen molar-refractivity contribution in [3.63, 3.8) is 0 Å². The predicted octanol–water partition coefficient (Wildman–Crippen LogP) is 5.03. The first kappa shape index (κ1) is 22.8. The second-order valence-electron chi connectivity index (χ2n) is 8.27. The van der Waals surface area contributed by atoms with Crippen molar-refractivity contribution in [2.45, 2.75) is 24.0 Å². The van der Waals surface area contributed by atoms with Gasteiger partial charge < -0.3 is 15.0 Å². The standard InChI is InChI=1S/C25H24N6O3S/c1-18-3-2-12-27-25(18)35-22-10-13-29(14-11-22)24-15-21(8-9-23(24)31(32)33)34-20-6-4-19(5-7-20)30-17-26-16-28-30/h3-10,12-13,15-18,22,25,27H,11,14H2,1H3. The summed E-state index contributed by atoms with van der Waals surface area (Å²) in [6.45, 7) is 2.85. The van der Waals surface area contributed by atoms with E-state index in [0.29, 0.717) is 40.3 Å². The molecule has 0 radical (unpaired) electrons. The van der Waals surface area contributed by atoms with E-state index in [-0.39, 0.29) is 10.6 Å². The van der Waals surface area contributed by atoms with Crippen LogP contribution in [0.5, 0.6) is 11.5 Å². The molecule has 2 aromatic carbocycles. The Balaban J connectivity index is 1.30. The van der Waals surface area contributed by atoms with Crippen molar-refractivity contribution in [2.75, 3.05) is 11.4 Å². The minimum absolute atomic E-state index is 0.0486. The number of nitrogens with one attached hydrogen (secondary N) is 1. The average molecular weight is 489 g/mol. The van der Waals surface area contributed by atoms with E-state index in [1.54, 1.807) is 23.1 Å². The van der Waals surface area contributed by atoms with Gasteiger partial charge in [-0.05, 0) is 42.8 Å². The van der Waals surface area contributed by atoms with Crippen molar-refractivity contribution in [1.29, 1.82) is 0 Å². The Morgan fingerprint density at radius 1 is 1.23 bits per heavy atom. The molecular weight excluding hydrogens is 464 g/mol. The van der Waals surface area contributed by atoms with Gasteiger partial charge in [-0.1, -0.05) is 13.0 Å². The van der Waals surface area contributed by atoms with Crippen LogP contribution >= 0.6 is 11.8 Å². The van der Waals surface area contributed by atoms with E-state index in [2.05, 4.69) is 40.2 Å². The first-order valence-electron chi connectivity index (χ1n) is 11.3. The highest BCUT2D eigenvalue weighted by atomic mass is 32.2. The van der Waals surface area contributed by atoms with Gasteiger partial charge in [-0.2, -0.15) is 5.10 Å². The molecule has 3 unspecified atom stereocenters. The molecule has 3 aromatic rings. The Labute approximate surface area is 207 Å². The van der Waals surface area contributed by atoms with Gasteiger partial charge in [0.15, 0.2) is 0 Å². The van der Waals surface area contributed by atoms with Crippen molar-refractivity contribution in [3.05, 3.63) is 95.5 Å². The summed E-state index contributed by atoms with van der Waals surface area (Å²) in [7, 11) is 0. The summed E-state index contributed by atoms with van der Waals surface area (Å²) in [6, 6.07) is 12.2. The van der Waals surface area contributed by atoms with Gasteiger partial charge in [0.25, 0.3) is 5.69 Å². The Morgan fingerprint density at radius 3 is 2.74 bits per heavy atom. The van der Waals surface area contributed by atoms with Gasteiger partial charge in [0.2, 0.25) is 0 Å². The zero-order valence-corrected chi connectivity index (χ0v) is 19.8. The normalized spacial score (nSPS) is 21.1. The lowest BCUT2D eigenvalue weighted by atomic mass is 10.1. The highest BCUT2D eigenvalue weighted by Gasteiger charge is 2.26. The highest BCUT2D eigenvalue weighted by molar-refractivity contribution is 8.00. The molecular formula is C25H24N6O3S. The molecule has 3 atom stereocenters. The van der Waals surface area contributed by atoms with Crippen LogP contribution in [0.3, 0.4) is 0 Å². The molecule has 2 aliphatic heterocycles. The Bertz CT molecular complexity index is 1290. The lowest BCUT2D eigenvalue weighted by molar-refractivity contribution is -0.384. The summed E-state index contributed by atoms with van der Waals surface area (Å²) >= 11 is 1.87. The smallest absolute Gasteiger partial charge is 0.293 e. The largest absolute Gasteiger partial charge is 0.457 e. The minimum atomic E-state index is -0.354. The SMILES string of the molecule is CC1C=C=CNC1SC1C=CN(c2cc(Oc3ccc(-n4cncn4)cc3)ccc2[N+](=O)[O-])CC1. The molecule has 35 heavy (non-hydrogen) atoms. The molecule has 0 saturated heterocycles. The molecule has 0 fully saturated rings. The lowest BCUT2D eigenvalue weighted by Crippen LogP contribution is -2.33. The van der Waals surface area contributed by atoms with Crippen LogP contribution < -0.4 is 15.0 Å². The van der Waals surface area contributed by atoms with E-state index in [9.17, 15) is 10.1 Å². The lowest BCUT2D eigenvalue weighted by Gasteiger charge is -2.31. The summed E-state index contributed by atoms with van der Waals surface area (Å²) in [5.41, 5.74) is 4.52. The number of hydrogen-bond donors (Lipinski definition) is 1. The minimum Gasteiger partial charge on any atom is -0.457 e. The Morgan fingerprint density at radius 2 is 2.06 bits per heavy atom. The summed E-state index contributed by atoms with van der Waals surface area (Å²) < 4.78 is 7.66. The molecule has 0 bridgehead atoms. The van der Waals surface area contributed by atoms with Crippen LogP contribution in [-0.2, 0) is 0 Å². The Hall–Kier alpha value is -4.01. The van der Waals surface area contributed by atoms with Crippen LogP contribution in [0.15, 0.2) is 85.4 Å². The van der Waals surface area contributed by atoms with Crippen molar-refractivity contribution in [2.24, 2.45) is 5.92 Å². The summed E-state index contributed by atoms with van der Waals surface area (Å²) in [4.78, 5) is 17.2. The second-order valence-corrected chi connectivity index (χ2v) is 9.65. The molecule has 0 spiro atoms. The second kappa shape index (κ2) is 10.1. The van der Waals surface area contributed by atoms with E-state index in [1.807, 2.05) is 53.3 Å². The van der Waals surface area contributed by atoms with Crippen molar-refractivity contribution < 1.29 is 9.66 Å². The maximum atomic E-state index is 11.7. The topological polar surface area (TPSA) is 98.3 Å². The molecule has 3 heterocycles. The summed E-state index contributed by atoms with van der Waals surface area (Å²) in [6.07, 6.45) is 12.0. The molecule has 0 amide bonds. The highest BCUT2D eigenvalue weighted by Crippen LogP contribution is 2.37. The number of nitro groups is 1. The van der Waals surface area contributed by atoms with Gasteiger partial charge in [0.05, 0.1) is 16.0 Å². The molecule has 178 valence electrons. The van der Waals surface area contributed by atoms with Crippen molar-refractivity contribution >= 4 is 23.1 Å². The van der Waals surface area contributed by atoms with Crippen molar-refractivity contribution in [1.82, 2.24) is 20.1 Å². The molecule has 1 aromatic heterocycles. The van der Waals surface area contributed by atoms with Gasteiger partial charge in [-0.25, -0.2) is 9.67 Å². The van der Waals surface area contributed by atoms with Crippen LogP contribution in [0, 0.1) is 16.0 Å². The van der Waals surface area contributed by atoms with Gasteiger partial charge in [-0.3, -0.25) is 10.1 Å². The average Bonchev–Trinajstić information content (AvgIpc) is 3.41. The van der Waals surface area contributed by atoms with Crippen molar-refractivity contribution in [3.8, 4) is 17.2 Å². The number of anilines is 1. The molecule has 0 aliphatic carbocycles.